The van der Waals surface area contributed by atoms with Gasteiger partial charge >= 0.3 is 0 Å². The van der Waals surface area contributed by atoms with Gasteiger partial charge in [0.05, 0.1) is 22.7 Å². The van der Waals surface area contributed by atoms with Crippen molar-refractivity contribution in [2.75, 3.05) is 9.80 Å². The number of fused-ring (bicyclic) bond motifs is 4. The Labute approximate surface area is 445 Å². The molecule has 0 radical (unpaired) electrons. The molecule has 6 aromatic carbocycles. The average molecular weight is 1020 g/mol. The Bertz CT molecular complexity index is 3690. The molecule has 12 nitrogen and oxygen atoms in total. The molecule has 0 aliphatic carbocycles. The summed E-state index contributed by atoms with van der Waals surface area (Å²) in [6.45, 7) is 0. The summed E-state index contributed by atoms with van der Waals surface area (Å²) in [4.78, 5) is 58.3. The minimum atomic E-state index is 0.415. The van der Waals surface area contributed by atoms with Crippen LogP contribution in [0.25, 0.3) is 79.7 Å². The van der Waals surface area contributed by atoms with E-state index in [-0.39, 0.29) is 0 Å². The summed E-state index contributed by atoms with van der Waals surface area (Å²) in [7, 11) is 0. The molecule has 0 bridgehead atoms. The largest absolute Gasteiger partial charge is 0.308 e. The second kappa shape index (κ2) is 19.3. The van der Waals surface area contributed by atoms with E-state index in [1.807, 2.05) is 66.7 Å². The van der Waals surface area contributed by atoms with Gasteiger partial charge in [0.2, 0.25) is 0 Å². The molecule has 2 aliphatic rings. The maximum atomic E-state index is 5.20. The number of para-hydroxylation sites is 4. The van der Waals surface area contributed by atoms with E-state index in [4.69, 9.17) is 29.9 Å². The van der Waals surface area contributed by atoms with Gasteiger partial charge in [-0.1, -0.05) is 84.2 Å². The third kappa shape index (κ3) is 8.46. The van der Waals surface area contributed by atoms with Crippen LogP contribution in [0.1, 0.15) is 0 Å². The molecule has 14 heteroatoms. The van der Waals surface area contributed by atoms with Gasteiger partial charge in [0.15, 0.2) is 34.9 Å². The van der Waals surface area contributed by atoms with Gasteiger partial charge in [0, 0.05) is 90.4 Å². The summed E-state index contributed by atoms with van der Waals surface area (Å²) < 4.78 is 0. The molecule has 8 heterocycles. The molecule has 0 atom stereocenters. The van der Waals surface area contributed by atoms with Crippen LogP contribution in [-0.2, 0) is 0 Å². The van der Waals surface area contributed by atoms with Crippen molar-refractivity contribution in [3.8, 4) is 79.7 Å². The molecule has 0 unspecified atom stereocenters. The second-order valence-corrected chi connectivity index (χ2v) is 20.0. The molecule has 76 heavy (non-hydrogen) atoms. The zero-order chi connectivity index (χ0) is 50.4. The standard InChI is InChI=1S/C62H38N12S2/c1-5-23-53-49(19-1)73(50-20-2-6-24-54(50)75-53)45-34-42(35-46(36-45)74-51-21-3-7-25-55(51)76-56-26-8-4-22-52(56)74)41-31-43(59-67-57(39-15-13-27-63-37-39)69-61(71-59)47-17-9-11-29-65-47)33-44(32-41)60-68-58(40-16-14-28-64-38-40)70-62(72-60)48-18-10-12-30-66-48/h1-38H. The lowest BCUT2D eigenvalue weighted by Gasteiger charge is -2.36. The van der Waals surface area contributed by atoms with Gasteiger partial charge in [-0.15, -0.1) is 0 Å². The van der Waals surface area contributed by atoms with Gasteiger partial charge in [0.25, 0.3) is 0 Å². The monoisotopic (exact) mass is 1010 g/mol. The van der Waals surface area contributed by atoms with Gasteiger partial charge in [0.1, 0.15) is 11.4 Å². The number of anilines is 6. The SMILES string of the molecule is c1ccc(-c2nc(-c3cccnc3)nc(-c3cc(-c4cc(N5c6ccccc6Sc6ccccc65)cc(N5c6ccccc6Sc6ccccc65)c4)cc(-c4nc(-c5cccnc5)nc(-c5ccccn5)n4)c3)n2)nc1. The maximum Gasteiger partial charge on any atom is 0.182 e. The fourth-order valence-corrected chi connectivity index (χ4v) is 11.6. The molecule has 0 amide bonds. The van der Waals surface area contributed by atoms with Crippen molar-refractivity contribution in [2.24, 2.45) is 0 Å². The van der Waals surface area contributed by atoms with E-state index in [9.17, 15) is 0 Å². The van der Waals surface area contributed by atoms with Crippen LogP contribution in [0.15, 0.2) is 251 Å². The average Bonchev–Trinajstić information content (AvgIpc) is 3.50. The molecule has 12 aromatic rings. The van der Waals surface area contributed by atoms with Gasteiger partial charge in [-0.25, -0.2) is 29.9 Å². The molecule has 14 rings (SSSR count). The Morgan fingerprint density at radius 1 is 0.276 bits per heavy atom. The number of aromatic nitrogens is 10. The van der Waals surface area contributed by atoms with E-state index in [2.05, 4.69) is 157 Å². The molecule has 0 saturated heterocycles. The zero-order valence-corrected chi connectivity index (χ0v) is 41.8. The van der Waals surface area contributed by atoms with E-state index in [0.717, 1.165) is 76.0 Å². The van der Waals surface area contributed by atoms with Gasteiger partial charge in [-0.3, -0.25) is 19.9 Å². The number of hydrogen-bond acceptors (Lipinski definition) is 14. The predicted molar refractivity (Wildman–Crippen MR) is 300 cm³/mol. The Hall–Kier alpha value is -9.76. The van der Waals surface area contributed by atoms with Crippen molar-refractivity contribution in [1.82, 2.24) is 49.8 Å². The first-order valence-electron chi connectivity index (χ1n) is 24.4. The van der Waals surface area contributed by atoms with E-state index >= 15 is 0 Å². The quantitative estimate of drug-likeness (QED) is 0.136. The molecule has 0 N–H and O–H groups in total. The molecule has 358 valence electrons. The van der Waals surface area contributed by atoms with Crippen LogP contribution in [-0.4, -0.2) is 49.8 Å². The Balaban J connectivity index is 1.06. The highest BCUT2D eigenvalue weighted by Crippen LogP contribution is 2.55. The molecule has 0 fully saturated rings. The van der Waals surface area contributed by atoms with Crippen LogP contribution in [0.4, 0.5) is 34.1 Å². The lowest BCUT2D eigenvalue weighted by Crippen LogP contribution is -2.17. The minimum Gasteiger partial charge on any atom is -0.308 e. The predicted octanol–water partition coefficient (Wildman–Crippen LogP) is 15.2. The van der Waals surface area contributed by atoms with Crippen molar-refractivity contribution < 1.29 is 0 Å². The number of pyridine rings is 4. The number of rotatable bonds is 9. The van der Waals surface area contributed by atoms with Crippen molar-refractivity contribution in [3.63, 3.8) is 0 Å². The molecule has 0 spiro atoms. The fourth-order valence-electron chi connectivity index (χ4n) is 9.52. The lowest BCUT2D eigenvalue weighted by atomic mass is 9.97. The first kappa shape index (κ1) is 44.9. The lowest BCUT2D eigenvalue weighted by molar-refractivity contribution is 1.05. The van der Waals surface area contributed by atoms with Crippen LogP contribution in [0.3, 0.4) is 0 Å². The minimum absolute atomic E-state index is 0.415. The van der Waals surface area contributed by atoms with Crippen molar-refractivity contribution in [3.05, 3.63) is 231 Å². The molecule has 2 aliphatic heterocycles. The van der Waals surface area contributed by atoms with E-state index in [0.29, 0.717) is 57.5 Å². The zero-order valence-electron chi connectivity index (χ0n) is 40.1. The van der Waals surface area contributed by atoms with Crippen LogP contribution in [0, 0.1) is 0 Å². The van der Waals surface area contributed by atoms with Crippen molar-refractivity contribution in [1.29, 1.82) is 0 Å². The van der Waals surface area contributed by atoms with Crippen molar-refractivity contribution >= 4 is 57.6 Å². The smallest absolute Gasteiger partial charge is 0.182 e. The van der Waals surface area contributed by atoms with Gasteiger partial charge in [-0.2, -0.15) is 0 Å². The molecular weight excluding hydrogens is 977 g/mol. The van der Waals surface area contributed by atoms with Crippen LogP contribution >= 0.6 is 23.5 Å². The molecular formula is C62H38N12S2. The number of hydrogen-bond donors (Lipinski definition) is 0. The summed E-state index contributed by atoms with van der Waals surface area (Å²) in [5.41, 5.74) is 12.1. The Morgan fingerprint density at radius 3 is 1.01 bits per heavy atom. The number of nitrogens with zero attached hydrogens (tertiary/aromatic N) is 12. The molecule has 0 saturated carbocycles. The normalized spacial score (nSPS) is 12.3. The van der Waals surface area contributed by atoms with Gasteiger partial charge < -0.3 is 9.80 Å². The highest BCUT2D eigenvalue weighted by atomic mass is 32.2. The highest BCUT2D eigenvalue weighted by Gasteiger charge is 2.29. The first-order valence-corrected chi connectivity index (χ1v) is 26.1. The van der Waals surface area contributed by atoms with Crippen LogP contribution in [0.5, 0.6) is 0 Å². The van der Waals surface area contributed by atoms with Crippen LogP contribution in [0.2, 0.25) is 0 Å². The summed E-state index contributed by atoms with van der Waals surface area (Å²) >= 11 is 3.57. The second-order valence-electron chi connectivity index (χ2n) is 17.8. The van der Waals surface area contributed by atoms with E-state index in [1.54, 1.807) is 60.7 Å². The first-order chi connectivity index (χ1) is 37.6. The summed E-state index contributed by atoms with van der Waals surface area (Å²) in [6, 6.07) is 66.6. The third-order valence-corrected chi connectivity index (χ3v) is 15.2. The van der Waals surface area contributed by atoms with E-state index in [1.165, 1.54) is 0 Å². The maximum absolute atomic E-state index is 5.20. The summed E-state index contributed by atoms with van der Waals surface area (Å²) in [5, 5.41) is 0. The summed E-state index contributed by atoms with van der Waals surface area (Å²) in [6.07, 6.45) is 10.5. The van der Waals surface area contributed by atoms with Gasteiger partial charge in [-0.05, 0) is 145 Å². The Kier molecular flexibility index (Phi) is 11.4. The molecule has 6 aromatic heterocycles. The number of benzene rings is 6. The van der Waals surface area contributed by atoms with E-state index < -0.39 is 0 Å². The highest BCUT2D eigenvalue weighted by molar-refractivity contribution is 8.00. The fraction of sp³-hybridized carbons (Fsp3) is 0. The topological polar surface area (TPSA) is 135 Å². The third-order valence-electron chi connectivity index (χ3n) is 13.0. The van der Waals surface area contributed by atoms with Crippen LogP contribution < -0.4 is 9.80 Å². The van der Waals surface area contributed by atoms with Crippen molar-refractivity contribution in [2.45, 2.75) is 19.6 Å². The summed E-state index contributed by atoms with van der Waals surface area (Å²) in [5.74, 6) is 2.58. The Morgan fingerprint density at radius 2 is 0.632 bits per heavy atom.